The summed E-state index contributed by atoms with van der Waals surface area (Å²) in [4.78, 5) is 18.0. The van der Waals surface area contributed by atoms with Crippen molar-refractivity contribution in [3.63, 3.8) is 0 Å². The van der Waals surface area contributed by atoms with Gasteiger partial charge in [-0.05, 0) is 19.8 Å². The first-order chi connectivity index (χ1) is 8.77. The molecule has 1 fully saturated rings. The quantitative estimate of drug-likeness (QED) is 0.739. The van der Waals surface area contributed by atoms with Gasteiger partial charge in [-0.3, -0.25) is 4.79 Å². The normalized spacial score (nSPS) is 15.9. The van der Waals surface area contributed by atoms with Crippen LogP contribution < -0.4 is 0 Å². The lowest BCUT2D eigenvalue weighted by Gasteiger charge is -2.26. The van der Waals surface area contributed by atoms with Crippen molar-refractivity contribution in [2.45, 2.75) is 32.7 Å². The average Bonchev–Trinajstić information content (AvgIpc) is 2.81. The van der Waals surface area contributed by atoms with Crippen LogP contribution in [0.5, 0.6) is 0 Å². The highest BCUT2D eigenvalue weighted by atomic mass is 16.5. The van der Waals surface area contributed by atoms with E-state index in [1.54, 1.807) is 0 Å². The molecule has 5 heteroatoms. The van der Waals surface area contributed by atoms with Crippen LogP contribution in [0.15, 0.2) is 12.4 Å². The van der Waals surface area contributed by atoms with E-state index < -0.39 is 0 Å². The minimum absolute atomic E-state index is 0.264. The summed E-state index contributed by atoms with van der Waals surface area (Å²) in [5.41, 5.74) is 0. The number of morpholine rings is 1. The van der Waals surface area contributed by atoms with Crippen molar-refractivity contribution < 1.29 is 9.53 Å². The number of hydrogen-bond donors (Lipinski definition) is 0. The molecule has 0 N–H and O–H groups in total. The number of carbonyl (C=O) groups is 1. The second-order valence-electron chi connectivity index (χ2n) is 4.62. The molecule has 0 saturated carbocycles. The van der Waals surface area contributed by atoms with Gasteiger partial charge in [0.2, 0.25) is 5.91 Å². The number of nitrogens with zero attached hydrogens (tertiary/aromatic N) is 3. The smallest absolute Gasteiger partial charge is 0.222 e. The SMILES string of the molecule is Cc1nccn1CCCCC(=O)N1CCOCC1. The molecule has 1 aromatic rings. The standard InChI is InChI=1S/C13H21N3O2/c1-12-14-5-7-15(12)6-3-2-4-13(17)16-8-10-18-11-9-16/h5,7H,2-4,6,8-11H2,1H3. The Kier molecular flexibility index (Phi) is 4.75. The van der Waals surface area contributed by atoms with E-state index >= 15 is 0 Å². The third-order valence-corrected chi connectivity index (χ3v) is 3.33. The third kappa shape index (κ3) is 3.57. The van der Waals surface area contributed by atoms with Crippen LogP contribution in [-0.2, 0) is 16.1 Å². The molecule has 5 nitrogen and oxygen atoms in total. The lowest BCUT2D eigenvalue weighted by molar-refractivity contribution is -0.135. The third-order valence-electron chi connectivity index (χ3n) is 3.33. The summed E-state index contributed by atoms with van der Waals surface area (Å²) in [5.74, 6) is 1.30. The Hall–Kier alpha value is -1.36. The molecule has 0 spiro atoms. The Labute approximate surface area is 108 Å². The van der Waals surface area contributed by atoms with Crippen LogP contribution in [-0.4, -0.2) is 46.7 Å². The topological polar surface area (TPSA) is 47.4 Å². The maximum Gasteiger partial charge on any atom is 0.222 e. The van der Waals surface area contributed by atoms with E-state index in [0.29, 0.717) is 19.6 Å². The fourth-order valence-electron chi connectivity index (χ4n) is 2.17. The van der Waals surface area contributed by atoms with Crippen LogP contribution in [0.25, 0.3) is 0 Å². The minimum Gasteiger partial charge on any atom is -0.378 e. The monoisotopic (exact) mass is 251 g/mol. The molecule has 0 aromatic carbocycles. The molecule has 0 bridgehead atoms. The first-order valence-corrected chi connectivity index (χ1v) is 6.60. The van der Waals surface area contributed by atoms with Crippen molar-refractivity contribution >= 4 is 5.91 Å². The number of imidazole rings is 1. The van der Waals surface area contributed by atoms with Crippen LogP contribution in [0.2, 0.25) is 0 Å². The Morgan fingerprint density at radius 2 is 2.17 bits per heavy atom. The molecular weight excluding hydrogens is 230 g/mol. The Morgan fingerprint density at radius 1 is 1.39 bits per heavy atom. The molecule has 1 amide bonds. The Balaban J connectivity index is 1.63. The van der Waals surface area contributed by atoms with Crippen molar-refractivity contribution in [2.24, 2.45) is 0 Å². The second kappa shape index (κ2) is 6.54. The van der Waals surface area contributed by atoms with Gasteiger partial charge in [0.25, 0.3) is 0 Å². The van der Waals surface area contributed by atoms with E-state index in [2.05, 4.69) is 9.55 Å². The van der Waals surface area contributed by atoms with Gasteiger partial charge in [-0.2, -0.15) is 0 Å². The van der Waals surface area contributed by atoms with Gasteiger partial charge in [0.1, 0.15) is 5.82 Å². The predicted octanol–water partition coefficient (Wildman–Crippen LogP) is 1.22. The molecular formula is C13H21N3O2. The number of carbonyl (C=O) groups excluding carboxylic acids is 1. The summed E-state index contributed by atoms with van der Waals surface area (Å²) in [6.07, 6.45) is 6.40. The fourth-order valence-corrected chi connectivity index (χ4v) is 2.17. The molecule has 2 rings (SSSR count). The van der Waals surface area contributed by atoms with Crippen molar-refractivity contribution in [3.05, 3.63) is 18.2 Å². The Bertz CT molecular complexity index is 383. The maximum atomic E-state index is 11.9. The predicted molar refractivity (Wildman–Crippen MR) is 68.2 cm³/mol. The molecule has 2 heterocycles. The number of aryl methyl sites for hydroxylation is 2. The first-order valence-electron chi connectivity index (χ1n) is 6.60. The number of hydrogen-bond acceptors (Lipinski definition) is 3. The lowest BCUT2D eigenvalue weighted by Crippen LogP contribution is -2.40. The van der Waals surface area contributed by atoms with E-state index in [4.69, 9.17) is 4.74 Å². The number of unbranched alkanes of at least 4 members (excludes halogenated alkanes) is 1. The molecule has 0 radical (unpaired) electrons. The maximum absolute atomic E-state index is 11.9. The zero-order valence-electron chi connectivity index (χ0n) is 11.0. The minimum atomic E-state index is 0.264. The van der Waals surface area contributed by atoms with E-state index in [-0.39, 0.29) is 5.91 Å². The molecule has 1 aromatic heterocycles. The zero-order chi connectivity index (χ0) is 12.8. The fraction of sp³-hybridized carbons (Fsp3) is 0.692. The van der Waals surface area contributed by atoms with E-state index in [0.717, 1.165) is 38.3 Å². The summed E-state index contributed by atoms with van der Waals surface area (Å²) in [6, 6.07) is 0. The van der Waals surface area contributed by atoms with E-state index in [1.807, 2.05) is 24.2 Å². The number of amides is 1. The van der Waals surface area contributed by atoms with Gasteiger partial charge in [-0.25, -0.2) is 4.98 Å². The Morgan fingerprint density at radius 3 is 2.83 bits per heavy atom. The van der Waals surface area contributed by atoms with Crippen molar-refractivity contribution in [3.8, 4) is 0 Å². The van der Waals surface area contributed by atoms with Crippen molar-refractivity contribution in [2.75, 3.05) is 26.3 Å². The van der Waals surface area contributed by atoms with Crippen molar-refractivity contribution in [1.29, 1.82) is 0 Å². The van der Waals surface area contributed by atoms with Crippen LogP contribution in [0.3, 0.4) is 0 Å². The van der Waals surface area contributed by atoms with E-state index in [1.165, 1.54) is 0 Å². The van der Waals surface area contributed by atoms with Crippen LogP contribution in [0.1, 0.15) is 25.1 Å². The second-order valence-corrected chi connectivity index (χ2v) is 4.62. The average molecular weight is 251 g/mol. The highest BCUT2D eigenvalue weighted by molar-refractivity contribution is 5.76. The summed E-state index contributed by atoms with van der Waals surface area (Å²) in [6.45, 7) is 5.81. The molecule has 0 unspecified atom stereocenters. The summed E-state index contributed by atoms with van der Waals surface area (Å²) < 4.78 is 7.36. The first kappa shape index (κ1) is 13.1. The van der Waals surface area contributed by atoms with Gasteiger partial charge in [0.05, 0.1) is 13.2 Å². The van der Waals surface area contributed by atoms with Gasteiger partial charge < -0.3 is 14.2 Å². The highest BCUT2D eigenvalue weighted by Gasteiger charge is 2.15. The van der Waals surface area contributed by atoms with Gasteiger partial charge in [0.15, 0.2) is 0 Å². The van der Waals surface area contributed by atoms with E-state index in [9.17, 15) is 4.79 Å². The van der Waals surface area contributed by atoms with Gasteiger partial charge in [-0.15, -0.1) is 0 Å². The summed E-state index contributed by atoms with van der Waals surface area (Å²) in [5, 5.41) is 0. The molecule has 1 saturated heterocycles. The zero-order valence-corrected chi connectivity index (χ0v) is 11.0. The highest BCUT2D eigenvalue weighted by Crippen LogP contribution is 2.06. The van der Waals surface area contributed by atoms with Gasteiger partial charge in [-0.1, -0.05) is 0 Å². The summed E-state index contributed by atoms with van der Waals surface area (Å²) >= 11 is 0. The largest absolute Gasteiger partial charge is 0.378 e. The van der Waals surface area contributed by atoms with Crippen LogP contribution >= 0.6 is 0 Å². The molecule has 100 valence electrons. The number of aromatic nitrogens is 2. The molecule has 18 heavy (non-hydrogen) atoms. The number of rotatable bonds is 5. The lowest BCUT2D eigenvalue weighted by atomic mass is 10.2. The summed E-state index contributed by atoms with van der Waals surface area (Å²) in [7, 11) is 0. The molecule has 1 aliphatic heterocycles. The molecule has 1 aliphatic rings. The molecule has 0 atom stereocenters. The van der Waals surface area contributed by atoms with Crippen LogP contribution in [0.4, 0.5) is 0 Å². The number of ether oxygens (including phenoxy) is 1. The van der Waals surface area contributed by atoms with Crippen LogP contribution in [0, 0.1) is 6.92 Å². The molecule has 0 aliphatic carbocycles. The van der Waals surface area contributed by atoms with Gasteiger partial charge in [0, 0.05) is 38.4 Å². The van der Waals surface area contributed by atoms with Crippen molar-refractivity contribution in [1.82, 2.24) is 14.5 Å². The van der Waals surface area contributed by atoms with Gasteiger partial charge >= 0.3 is 0 Å².